The average Bonchev–Trinajstić information content (AvgIpc) is 3.31. The van der Waals surface area contributed by atoms with E-state index >= 15 is 0 Å². The molecule has 1 aromatic carbocycles. The predicted molar refractivity (Wildman–Crippen MR) is 134 cm³/mol. The Labute approximate surface area is 198 Å². The topological polar surface area (TPSA) is 68.8 Å². The molecule has 1 saturated heterocycles. The van der Waals surface area contributed by atoms with E-state index in [1.807, 2.05) is 0 Å². The van der Waals surface area contributed by atoms with E-state index in [0.717, 1.165) is 38.4 Å². The zero-order valence-corrected chi connectivity index (χ0v) is 20.6. The van der Waals surface area contributed by atoms with Crippen molar-refractivity contribution in [2.75, 3.05) is 39.8 Å². The minimum Gasteiger partial charge on any atom is -0.355 e. The molecule has 168 valence electrons. The standard InChI is InChI=1S/C23H37N5O.HI/c1-24-23(26-15-14-25-22(29)20-12-6-3-7-13-20)27-18-21(28-16-8-9-17-28)19-10-4-2-5-11-19;/h2,4-5,10-11,20-21H,3,6-9,12-18H2,1H3,(H,25,29)(H2,24,26,27);1H. The van der Waals surface area contributed by atoms with Gasteiger partial charge in [-0.3, -0.25) is 14.7 Å². The van der Waals surface area contributed by atoms with Crippen LogP contribution in [-0.4, -0.2) is 56.5 Å². The van der Waals surface area contributed by atoms with Crippen molar-refractivity contribution >= 4 is 35.8 Å². The molecule has 0 bridgehead atoms. The van der Waals surface area contributed by atoms with Crippen molar-refractivity contribution in [2.24, 2.45) is 10.9 Å². The largest absolute Gasteiger partial charge is 0.355 e. The van der Waals surface area contributed by atoms with Crippen LogP contribution in [0.15, 0.2) is 35.3 Å². The zero-order chi connectivity index (χ0) is 20.3. The Bertz CT molecular complexity index is 642. The third kappa shape index (κ3) is 7.72. The molecule has 0 radical (unpaired) electrons. The number of carbonyl (C=O) groups is 1. The molecule has 1 atom stereocenters. The maximum Gasteiger partial charge on any atom is 0.223 e. The molecule has 30 heavy (non-hydrogen) atoms. The van der Waals surface area contributed by atoms with Crippen LogP contribution in [0.25, 0.3) is 0 Å². The molecule has 1 aliphatic heterocycles. The molecule has 3 N–H and O–H groups in total. The minimum atomic E-state index is 0. The lowest BCUT2D eigenvalue weighted by Crippen LogP contribution is -2.45. The molecule has 6 nitrogen and oxygen atoms in total. The van der Waals surface area contributed by atoms with Gasteiger partial charge in [-0.25, -0.2) is 0 Å². The number of aliphatic imine (C=N–C) groups is 1. The van der Waals surface area contributed by atoms with Crippen LogP contribution < -0.4 is 16.0 Å². The fourth-order valence-corrected chi connectivity index (χ4v) is 4.48. The molecule has 2 aliphatic rings. The van der Waals surface area contributed by atoms with E-state index in [1.54, 1.807) is 7.05 Å². The smallest absolute Gasteiger partial charge is 0.223 e. The van der Waals surface area contributed by atoms with Crippen LogP contribution in [0, 0.1) is 5.92 Å². The number of guanidine groups is 1. The molecule has 1 aromatic rings. The summed E-state index contributed by atoms with van der Waals surface area (Å²) < 4.78 is 0. The number of nitrogens with zero attached hydrogens (tertiary/aromatic N) is 2. The summed E-state index contributed by atoms with van der Waals surface area (Å²) in [6, 6.07) is 11.1. The molecule has 1 aliphatic carbocycles. The van der Waals surface area contributed by atoms with Crippen molar-refractivity contribution in [1.82, 2.24) is 20.9 Å². The van der Waals surface area contributed by atoms with Crippen molar-refractivity contribution in [3.63, 3.8) is 0 Å². The number of likely N-dealkylation sites (tertiary alicyclic amines) is 1. The number of nitrogens with one attached hydrogen (secondary N) is 3. The lowest BCUT2D eigenvalue weighted by atomic mass is 9.89. The fraction of sp³-hybridized carbons (Fsp3) is 0.652. The van der Waals surface area contributed by atoms with Crippen LogP contribution in [0.4, 0.5) is 0 Å². The summed E-state index contributed by atoms with van der Waals surface area (Å²) in [4.78, 5) is 19.1. The van der Waals surface area contributed by atoms with E-state index in [2.05, 4.69) is 56.2 Å². The third-order valence-electron chi connectivity index (χ3n) is 6.14. The van der Waals surface area contributed by atoms with Crippen molar-refractivity contribution in [2.45, 2.75) is 51.0 Å². The molecule has 0 aromatic heterocycles. The van der Waals surface area contributed by atoms with Crippen LogP contribution in [-0.2, 0) is 4.79 Å². The second-order valence-corrected chi connectivity index (χ2v) is 8.18. The van der Waals surface area contributed by atoms with E-state index in [1.165, 1.54) is 37.7 Å². The molecule has 1 unspecified atom stereocenters. The van der Waals surface area contributed by atoms with Gasteiger partial charge in [0.05, 0.1) is 6.04 Å². The third-order valence-corrected chi connectivity index (χ3v) is 6.14. The summed E-state index contributed by atoms with van der Waals surface area (Å²) in [6.45, 7) is 4.43. The van der Waals surface area contributed by atoms with E-state index in [0.29, 0.717) is 19.1 Å². The highest BCUT2D eigenvalue weighted by Crippen LogP contribution is 2.24. The van der Waals surface area contributed by atoms with Gasteiger partial charge in [0.15, 0.2) is 5.96 Å². The van der Waals surface area contributed by atoms with E-state index in [-0.39, 0.29) is 35.8 Å². The second kappa shape index (κ2) is 13.9. The first-order valence-electron chi connectivity index (χ1n) is 11.3. The number of carbonyl (C=O) groups excluding carboxylic acids is 1. The highest BCUT2D eigenvalue weighted by atomic mass is 127. The monoisotopic (exact) mass is 527 g/mol. The molecule has 3 rings (SSSR count). The molecule has 7 heteroatoms. The predicted octanol–water partition coefficient (Wildman–Crippen LogP) is 3.30. The Morgan fingerprint density at radius 3 is 2.33 bits per heavy atom. The van der Waals surface area contributed by atoms with Crippen molar-refractivity contribution in [3.05, 3.63) is 35.9 Å². The first-order chi connectivity index (χ1) is 14.3. The first kappa shape index (κ1) is 24.9. The second-order valence-electron chi connectivity index (χ2n) is 8.18. The van der Waals surface area contributed by atoms with Gasteiger partial charge in [0.1, 0.15) is 0 Å². The van der Waals surface area contributed by atoms with Crippen molar-refractivity contribution in [3.8, 4) is 0 Å². The van der Waals surface area contributed by atoms with Gasteiger partial charge in [0.2, 0.25) is 5.91 Å². The van der Waals surface area contributed by atoms with Gasteiger partial charge >= 0.3 is 0 Å². The van der Waals surface area contributed by atoms with Crippen LogP contribution >= 0.6 is 24.0 Å². The summed E-state index contributed by atoms with van der Waals surface area (Å²) in [7, 11) is 1.79. The SMILES string of the molecule is CN=C(NCCNC(=O)C1CCCCC1)NCC(c1ccccc1)N1CCCC1.I. The molecule has 1 amide bonds. The summed E-state index contributed by atoms with van der Waals surface area (Å²) in [5, 5.41) is 9.89. The molecular weight excluding hydrogens is 489 g/mol. The van der Waals surface area contributed by atoms with Gasteiger partial charge in [0.25, 0.3) is 0 Å². The lowest BCUT2D eigenvalue weighted by Gasteiger charge is -2.29. The van der Waals surface area contributed by atoms with Crippen LogP contribution in [0.3, 0.4) is 0 Å². The van der Waals surface area contributed by atoms with E-state index < -0.39 is 0 Å². The number of amides is 1. The van der Waals surface area contributed by atoms with Crippen LogP contribution in [0.5, 0.6) is 0 Å². The van der Waals surface area contributed by atoms with Crippen molar-refractivity contribution < 1.29 is 4.79 Å². The van der Waals surface area contributed by atoms with E-state index in [4.69, 9.17) is 0 Å². The molecule has 1 heterocycles. The Kier molecular flexibility index (Phi) is 11.5. The summed E-state index contributed by atoms with van der Waals surface area (Å²) >= 11 is 0. The van der Waals surface area contributed by atoms with Crippen LogP contribution in [0.2, 0.25) is 0 Å². The number of benzene rings is 1. The number of hydrogen-bond acceptors (Lipinski definition) is 3. The Balaban J connectivity index is 0.00000320. The fourth-order valence-electron chi connectivity index (χ4n) is 4.48. The maximum absolute atomic E-state index is 12.2. The average molecular weight is 527 g/mol. The highest BCUT2D eigenvalue weighted by molar-refractivity contribution is 14.0. The zero-order valence-electron chi connectivity index (χ0n) is 18.2. The lowest BCUT2D eigenvalue weighted by molar-refractivity contribution is -0.125. The number of hydrogen-bond donors (Lipinski definition) is 3. The van der Waals surface area contributed by atoms with Crippen molar-refractivity contribution in [1.29, 1.82) is 0 Å². The molecule has 0 spiro atoms. The summed E-state index contributed by atoms with van der Waals surface area (Å²) in [5.41, 5.74) is 1.34. The van der Waals surface area contributed by atoms with Crippen LogP contribution in [0.1, 0.15) is 56.6 Å². The Morgan fingerprint density at radius 1 is 1.00 bits per heavy atom. The normalized spacial score (nSPS) is 19.0. The van der Waals surface area contributed by atoms with Gasteiger partial charge < -0.3 is 16.0 Å². The Hall–Kier alpha value is -1.35. The van der Waals surface area contributed by atoms with Gasteiger partial charge in [0, 0.05) is 32.6 Å². The first-order valence-corrected chi connectivity index (χ1v) is 11.3. The van der Waals surface area contributed by atoms with Gasteiger partial charge in [-0.1, -0.05) is 49.6 Å². The molecule has 2 fully saturated rings. The quantitative estimate of drug-likeness (QED) is 0.210. The number of halogens is 1. The van der Waals surface area contributed by atoms with Gasteiger partial charge in [-0.15, -0.1) is 24.0 Å². The highest BCUT2D eigenvalue weighted by Gasteiger charge is 2.23. The molecule has 1 saturated carbocycles. The number of rotatable bonds is 8. The van der Waals surface area contributed by atoms with Gasteiger partial charge in [-0.2, -0.15) is 0 Å². The Morgan fingerprint density at radius 2 is 1.67 bits per heavy atom. The van der Waals surface area contributed by atoms with Gasteiger partial charge in [-0.05, 0) is 44.3 Å². The maximum atomic E-state index is 12.2. The molecular formula is C23H38IN5O. The summed E-state index contributed by atoms with van der Waals surface area (Å²) in [5.74, 6) is 1.22. The minimum absolute atomic E-state index is 0. The van der Waals surface area contributed by atoms with E-state index in [9.17, 15) is 4.79 Å². The summed E-state index contributed by atoms with van der Waals surface area (Å²) in [6.07, 6.45) is 8.28.